The largest absolute Gasteiger partial charge is 0.573 e. The van der Waals surface area contributed by atoms with Crippen LogP contribution in [-0.4, -0.2) is 36.0 Å². The maximum atomic E-state index is 12.5. The van der Waals surface area contributed by atoms with Gasteiger partial charge >= 0.3 is 12.3 Å². The molecule has 12 heteroatoms. The average Bonchev–Trinajstić information content (AvgIpc) is 3.23. The second-order valence-electron chi connectivity index (χ2n) is 7.76. The van der Waals surface area contributed by atoms with Crippen LogP contribution in [-0.2, 0) is 27.4 Å². The molecular weight excluding hydrogens is 531 g/mol. The van der Waals surface area contributed by atoms with Crippen molar-refractivity contribution >= 4 is 34.8 Å². The number of ether oxygens (including phenoxy) is 2. The highest BCUT2D eigenvalue weighted by Gasteiger charge is 2.31. The molecule has 0 saturated heterocycles. The number of aromatic nitrogens is 1. The Balaban J connectivity index is 1.76. The quantitative estimate of drug-likeness (QED) is 0.197. The van der Waals surface area contributed by atoms with Gasteiger partial charge in [-0.2, -0.15) is 0 Å². The number of carbonyl (C=O) groups is 2. The fourth-order valence-electron chi connectivity index (χ4n) is 3.35. The first kappa shape index (κ1) is 28.3. The van der Waals surface area contributed by atoms with E-state index in [9.17, 15) is 22.8 Å². The first-order chi connectivity index (χ1) is 17.6. The first-order valence-electron chi connectivity index (χ1n) is 11.4. The zero-order valence-corrected chi connectivity index (χ0v) is 21.5. The van der Waals surface area contributed by atoms with E-state index < -0.39 is 18.2 Å². The normalized spacial score (nSPS) is 11.9. The molecule has 0 atom stereocenters. The van der Waals surface area contributed by atoms with Gasteiger partial charge in [0.2, 0.25) is 5.91 Å². The third-order valence-corrected chi connectivity index (χ3v) is 6.14. The minimum Gasteiger partial charge on any atom is -0.466 e. The highest BCUT2D eigenvalue weighted by Crippen LogP contribution is 2.27. The Kier molecular flexibility index (Phi) is 10.2. The van der Waals surface area contributed by atoms with E-state index in [0.29, 0.717) is 41.4 Å². The summed E-state index contributed by atoms with van der Waals surface area (Å²) in [6.45, 7) is 3.06. The Morgan fingerprint density at radius 1 is 1.11 bits per heavy atom. The van der Waals surface area contributed by atoms with E-state index in [4.69, 9.17) is 21.3 Å². The molecule has 0 radical (unpaired) electrons. The molecule has 1 heterocycles. The Hall–Kier alpha value is -3.31. The summed E-state index contributed by atoms with van der Waals surface area (Å²) < 4.78 is 48.2. The Morgan fingerprint density at radius 2 is 1.81 bits per heavy atom. The average molecular weight is 556 g/mol. The van der Waals surface area contributed by atoms with Crippen LogP contribution in [0.25, 0.3) is 11.3 Å². The molecule has 0 saturated carbocycles. The standard InChI is InChI=1S/C25H25ClF3N3O4S/c1-2-35-23(34)14-22(33)30-12-3-13-32-21(18-6-10-20(11-7-18)36-25(27,28)29)16-37-24(32)31-15-17-4-8-19(26)9-5-17/h4-11,16H,2-3,12-15H2,1H3,(H,30,33)/b31-24-. The smallest absolute Gasteiger partial charge is 0.466 e. The van der Waals surface area contributed by atoms with Crippen LogP contribution in [0.2, 0.25) is 5.02 Å². The number of nitrogens with zero attached hydrogens (tertiary/aromatic N) is 2. The molecule has 0 aliphatic heterocycles. The van der Waals surface area contributed by atoms with Crippen molar-refractivity contribution in [2.75, 3.05) is 13.2 Å². The van der Waals surface area contributed by atoms with E-state index in [1.807, 2.05) is 22.1 Å². The number of benzene rings is 2. The van der Waals surface area contributed by atoms with Gasteiger partial charge in [-0.05, 0) is 60.9 Å². The maximum absolute atomic E-state index is 12.5. The van der Waals surface area contributed by atoms with Gasteiger partial charge in [0.15, 0.2) is 4.80 Å². The topological polar surface area (TPSA) is 81.9 Å². The molecule has 0 aliphatic carbocycles. The second kappa shape index (κ2) is 13.3. The van der Waals surface area contributed by atoms with E-state index in [1.165, 1.54) is 23.5 Å². The van der Waals surface area contributed by atoms with Gasteiger partial charge in [-0.3, -0.25) is 14.6 Å². The monoisotopic (exact) mass is 555 g/mol. The highest BCUT2D eigenvalue weighted by atomic mass is 35.5. The summed E-state index contributed by atoms with van der Waals surface area (Å²) in [6.07, 6.45) is -4.59. The predicted octanol–water partition coefficient (Wildman–Crippen LogP) is 5.33. The SMILES string of the molecule is CCOC(=O)CC(=O)NCCCn1c(-c2ccc(OC(F)(F)F)cc2)cs/c1=N\Cc1ccc(Cl)cc1. The van der Waals surface area contributed by atoms with Gasteiger partial charge in [-0.25, -0.2) is 0 Å². The lowest BCUT2D eigenvalue weighted by Gasteiger charge is -2.12. The number of amides is 1. The number of hydrogen-bond donors (Lipinski definition) is 1. The van der Waals surface area contributed by atoms with Gasteiger partial charge in [0, 0.05) is 23.5 Å². The Bertz CT molecular complexity index is 1260. The lowest BCUT2D eigenvalue weighted by molar-refractivity contribution is -0.274. The Morgan fingerprint density at radius 3 is 2.46 bits per heavy atom. The molecule has 0 unspecified atom stereocenters. The number of nitrogens with one attached hydrogen (secondary N) is 1. The molecule has 0 bridgehead atoms. The van der Waals surface area contributed by atoms with Crippen LogP contribution in [0.3, 0.4) is 0 Å². The van der Waals surface area contributed by atoms with Crippen molar-refractivity contribution in [2.24, 2.45) is 4.99 Å². The molecule has 0 aliphatic rings. The second-order valence-corrected chi connectivity index (χ2v) is 9.03. The fraction of sp³-hybridized carbons (Fsp3) is 0.320. The minimum absolute atomic E-state index is 0.204. The molecule has 37 heavy (non-hydrogen) atoms. The van der Waals surface area contributed by atoms with Crippen molar-refractivity contribution in [1.29, 1.82) is 0 Å². The summed E-state index contributed by atoms with van der Waals surface area (Å²) in [5.74, 6) is -1.33. The zero-order chi connectivity index (χ0) is 26.8. The van der Waals surface area contributed by atoms with E-state index >= 15 is 0 Å². The third kappa shape index (κ3) is 9.25. The molecule has 7 nitrogen and oxygen atoms in total. The van der Waals surface area contributed by atoms with Crippen molar-refractivity contribution in [3.05, 3.63) is 69.3 Å². The summed E-state index contributed by atoms with van der Waals surface area (Å²) in [7, 11) is 0. The summed E-state index contributed by atoms with van der Waals surface area (Å²) in [4.78, 5) is 28.8. The van der Waals surface area contributed by atoms with Gasteiger partial charge in [0.1, 0.15) is 12.2 Å². The number of rotatable bonds is 11. The fourth-order valence-corrected chi connectivity index (χ4v) is 4.41. The van der Waals surface area contributed by atoms with E-state index in [-0.39, 0.29) is 18.8 Å². The van der Waals surface area contributed by atoms with Gasteiger partial charge in [0.05, 0.1) is 18.8 Å². The van der Waals surface area contributed by atoms with Gasteiger partial charge in [-0.15, -0.1) is 24.5 Å². The number of hydrogen-bond acceptors (Lipinski definition) is 6. The van der Waals surface area contributed by atoms with E-state index in [0.717, 1.165) is 11.3 Å². The molecule has 198 valence electrons. The van der Waals surface area contributed by atoms with E-state index in [2.05, 4.69) is 10.1 Å². The summed E-state index contributed by atoms with van der Waals surface area (Å²) in [5, 5.41) is 5.19. The third-order valence-electron chi connectivity index (χ3n) is 4.98. The van der Waals surface area contributed by atoms with Gasteiger partial charge in [-0.1, -0.05) is 23.7 Å². The number of halogens is 4. The molecule has 3 aromatic rings. The van der Waals surface area contributed by atoms with Crippen LogP contribution in [0.15, 0.2) is 58.9 Å². The van der Waals surface area contributed by atoms with Crippen LogP contribution >= 0.6 is 22.9 Å². The number of esters is 1. The number of carbonyl (C=O) groups excluding carboxylic acids is 2. The van der Waals surface area contributed by atoms with Crippen molar-refractivity contribution in [3.63, 3.8) is 0 Å². The number of thiazole rings is 1. The molecule has 2 aromatic carbocycles. The molecule has 1 amide bonds. The van der Waals surface area contributed by atoms with Crippen LogP contribution in [0.4, 0.5) is 13.2 Å². The molecule has 1 N–H and O–H groups in total. The maximum Gasteiger partial charge on any atom is 0.573 e. The zero-order valence-electron chi connectivity index (χ0n) is 19.9. The van der Waals surface area contributed by atoms with Crippen LogP contribution in [0.5, 0.6) is 5.75 Å². The van der Waals surface area contributed by atoms with Crippen molar-refractivity contribution < 1.29 is 32.2 Å². The van der Waals surface area contributed by atoms with Crippen LogP contribution in [0.1, 0.15) is 25.3 Å². The predicted molar refractivity (Wildman–Crippen MR) is 134 cm³/mol. The molecule has 1 aromatic heterocycles. The van der Waals surface area contributed by atoms with Crippen molar-refractivity contribution in [3.8, 4) is 17.0 Å². The summed E-state index contributed by atoms with van der Waals surface area (Å²) in [5.41, 5.74) is 2.41. The molecule has 0 fully saturated rings. The number of alkyl halides is 3. The minimum atomic E-state index is -4.77. The Labute approximate surface area is 220 Å². The van der Waals surface area contributed by atoms with E-state index in [1.54, 1.807) is 31.2 Å². The molecule has 0 spiro atoms. The van der Waals surface area contributed by atoms with Crippen molar-refractivity contribution in [1.82, 2.24) is 9.88 Å². The lowest BCUT2D eigenvalue weighted by atomic mass is 10.1. The van der Waals surface area contributed by atoms with Gasteiger partial charge < -0.3 is 19.4 Å². The van der Waals surface area contributed by atoms with Crippen LogP contribution in [0, 0.1) is 0 Å². The summed E-state index contributed by atoms with van der Waals surface area (Å²) >= 11 is 7.35. The molecular formula is C25H25ClF3N3O4S. The summed E-state index contributed by atoms with van der Waals surface area (Å²) in [6, 6.07) is 12.9. The molecule has 3 rings (SSSR count). The van der Waals surface area contributed by atoms with Gasteiger partial charge in [0.25, 0.3) is 0 Å². The van der Waals surface area contributed by atoms with Crippen molar-refractivity contribution in [2.45, 2.75) is 39.2 Å². The first-order valence-corrected chi connectivity index (χ1v) is 12.6. The lowest BCUT2D eigenvalue weighted by Crippen LogP contribution is -2.28. The van der Waals surface area contributed by atoms with Crippen LogP contribution < -0.4 is 14.9 Å². The highest BCUT2D eigenvalue weighted by molar-refractivity contribution is 7.07.